The molecular weight excluding hydrogens is 286 g/mol. The van der Waals surface area contributed by atoms with Crippen LogP contribution in [0.1, 0.15) is 21.5 Å². The first-order valence-corrected chi connectivity index (χ1v) is 7.39. The van der Waals surface area contributed by atoms with Crippen molar-refractivity contribution in [1.29, 1.82) is 0 Å². The van der Waals surface area contributed by atoms with E-state index in [0.717, 1.165) is 22.4 Å². The van der Waals surface area contributed by atoms with Gasteiger partial charge in [-0.25, -0.2) is 4.98 Å². The molecule has 4 nitrogen and oxygen atoms in total. The number of carbonyl (C=O) groups is 1. The molecule has 0 aliphatic heterocycles. The van der Waals surface area contributed by atoms with Gasteiger partial charge in [0.2, 0.25) is 0 Å². The zero-order valence-corrected chi connectivity index (χ0v) is 13.1. The van der Waals surface area contributed by atoms with E-state index in [2.05, 4.69) is 15.3 Å². The number of hydrogen-bond donors (Lipinski definition) is 1. The maximum atomic E-state index is 12.3. The molecule has 0 saturated carbocycles. The number of nitrogens with zero attached hydrogens (tertiary/aromatic N) is 2. The van der Waals surface area contributed by atoms with E-state index >= 15 is 0 Å². The fourth-order valence-electron chi connectivity index (χ4n) is 2.28. The van der Waals surface area contributed by atoms with Crippen molar-refractivity contribution in [3.63, 3.8) is 0 Å². The highest BCUT2D eigenvalue weighted by Gasteiger charge is 2.08. The summed E-state index contributed by atoms with van der Waals surface area (Å²) in [6.45, 7) is 3.99. The van der Waals surface area contributed by atoms with Crippen LogP contribution in [0.4, 0.5) is 5.82 Å². The highest BCUT2D eigenvalue weighted by Crippen LogP contribution is 2.19. The lowest BCUT2D eigenvalue weighted by molar-refractivity contribution is 0.102. The van der Waals surface area contributed by atoms with Gasteiger partial charge in [-0.2, -0.15) is 0 Å². The first-order chi connectivity index (χ1) is 11.1. The molecule has 4 heteroatoms. The summed E-state index contributed by atoms with van der Waals surface area (Å²) in [7, 11) is 0. The number of amides is 1. The highest BCUT2D eigenvalue weighted by molar-refractivity contribution is 6.04. The minimum Gasteiger partial charge on any atom is -0.307 e. The van der Waals surface area contributed by atoms with Crippen LogP contribution in [0, 0.1) is 13.8 Å². The Morgan fingerprint density at radius 3 is 2.17 bits per heavy atom. The summed E-state index contributed by atoms with van der Waals surface area (Å²) < 4.78 is 0. The van der Waals surface area contributed by atoms with E-state index < -0.39 is 0 Å². The smallest absolute Gasteiger partial charge is 0.256 e. The molecule has 0 fully saturated rings. The maximum Gasteiger partial charge on any atom is 0.256 e. The molecule has 0 radical (unpaired) electrons. The Bertz CT molecular complexity index is 841. The van der Waals surface area contributed by atoms with Crippen LogP contribution in [0.2, 0.25) is 0 Å². The Morgan fingerprint density at radius 2 is 1.52 bits per heavy atom. The van der Waals surface area contributed by atoms with Gasteiger partial charge >= 0.3 is 0 Å². The number of anilines is 1. The van der Waals surface area contributed by atoms with Crippen LogP contribution in [0.15, 0.2) is 60.9 Å². The number of benzene rings is 1. The van der Waals surface area contributed by atoms with Gasteiger partial charge in [-0.05, 0) is 61.4 Å². The molecule has 2 heterocycles. The topological polar surface area (TPSA) is 54.9 Å². The number of aryl methyl sites for hydroxylation is 2. The van der Waals surface area contributed by atoms with Crippen molar-refractivity contribution in [2.45, 2.75) is 13.8 Å². The standard InChI is InChI=1S/C19H17N3O/c1-13-7-9-20-17(11-13)15-3-5-16(6-4-15)19(23)22-18-12-14(2)8-10-21-18/h3-12H,1-2H3,(H,21,22,23). The average Bonchev–Trinajstić information content (AvgIpc) is 2.55. The van der Waals surface area contributed by atoms with E-state index in [9.17, 15) is 4.79 Å². The summed E-state index contributed by atoms with van der Waals surface area (Å²) >= 11 is 0. The molecular formula is C19H17N3O. The predicted octanol–water partition coefficient (Wildman–Crippen LogP) is 4.01. The number of nitrogens with one attached hydrogen (secondary N) is 1. The van der Waals surface area contributed by atoms with Crippen LogP contribution in [0.3, 0.4) is 0 Å². The molecule has 0 atom stereocenters. The molecule has 0 saturated heterocycles. The molecule has 0 aliphatic rings. The second kappa shape index (κ2) is 6.40. The predicted molar refractivity (Wildman–Crippen MR) is 91.3 cm³/mol. The van der Waals surface area contributed by atoms with E-state index in [1.807, 2.05) is 50.2 Å². The van der Waals surface area contributed by atoms with Crippen LogP contribution >= 0.6 is 0 Å². The highest BCUT2D eigenvalue weighted by atomic mass is 16.1. The van der Waals surface area contributed by atoms with E-state index in [1.54, 1.807) is 24.5 Å². The molecule has 1 N–H and O–H groups in total. The molecule has 2 aromatic heterocycles. The van der Waals surface area contributed by atoms with Crippen molar-refractivity contribution in [3.05, 3.63) is 77.6 Å². The van der Waals surface area contributed by atoms with Crippen LogP contribution in [0.25, 0.3) is 11.3 Å². The fourth-order valence-corrected chi connectivity index (χ4v) is 2.28. The minimum atomic E-state index is -0.174. The Hall–Kier alpha value is -3.01. The normalized spacial score (nSPS) is 10.3. The Labute approximate surface area is 135 Å². The number of rotatable bonds is 3. The molecule has 0 aliphatic carbocycles. The van der Waals surface area contributed by atoms with Gasteiger partial charge in [-0.1, -0.05) is 12.1 Å². The summed E-state index contributed by atoms with van der Waals surface area (Å²) in [5.74, 6) is 0.381. The Morgan fingerprint density at radius 1 is 0.870 bits per heavy atom. The van der Waals surface area contributed by atoms with Gasteiger partial charge in [0.15, 0.2) is 0 Å². The Kier molecular flexibility index (Phi) is 4.15. The largest absolute Gasteiger partial charge is 0.307 e. The summed E-state index contributed by atoms with van der Waals surface area (Å²) in [5.41, 5.74) is 4.68. The maximum absolute atomic E-state index is 12.3. The van der Waals surface area contributed by atoms with E-state index in [4.69, 9.17) is 0 Å². The molecule has 3 rings (SSSR count). The van der Waals surface area contributed by atoms with Crippen LogP contribution < -0.4 is 5.32 Å². The van der Waals surface area contributed by atoms with Crippen molar-refractivity contribution >= 4 is 11.7 Å². The first kappa shape index (κ1) is 14.9. The summed E-state index contributed by atoms with van der Waals surface area (Å²) in [5, 5.41) is 2.80. The number of carbonyl (C=O) groups excluding carboxylic acids is 1. The van der Waals surface area contributed by atoms with Crippen molar-refractivity contribution in [2.75, 3.05) is 5.32 Å². The summed E-state index contributed by atoms with van der Waals surface area (Å²) in [4.78, 5) is 20.7. The molecule has 1 amide bonds. The first-order valence-electron chi connectivity index (χ1n) is 7.39. The number of pyridine rings is 2. The molecule has 0 bridgehead atoms. The zero-order valence-electron chi connectivity index (χ0n) is 13.1. The second-order valence-corrected chi connectivity index (χ2v) is 5.47. The Balaban J connectivity index is 1.78. The van der Waals surface area contributed by atoms with E-state index in [-0.39, 0.29) is 5.91 Å². The lowest BCUT2D eigenvalue weighted by Crippen LogP contribution is -2.12. The molecule has 1 aromatic carbocycles. The van der Waals surface area contributed by atoms with Gasteiger partial charge < -0.3 is 5.32 Å². The minimum absolute atomic E-state index is 0.174. The summed E-state index contributed by atoms with van der Waals surface area (Å²) in [6, 6.07) is 15.1. The average molecular weight is 303 g/mol. The van der Waals surface area contributed by atoms with Gasteiger partial charge in [-0.3, -0.25) is 9.78 Å². The van der Waals surface area contributed by atoms with Crippen molar-refractivity contribution in [3.8, 4) is 11.3 Å². The van der Waals surface area contributed by atoms with Gasteiger partial charge in [0.1, 0.15) is 5.82 Å². The van der Waals surface area contributed by atoms with Crippen molar-refractivity contribution in [1.82, 2.24) is 9.97 Å². The van der Waals surface area contributed by atoms with Gasteiger partial charge in [0.25, 0.3) is 5.91 Å². The lowest BCUT2D eigenvalue weighted by atomic mass is 10.1. The summed E-state index contributed by atoms with van der Waals surface area (Å²) in [6.07, 6.45) is 3.46. The molecule has 3 aromatic rings. The van der Waals surface area contributed by atoms with Gasteiger partial charge in [0.05, 0.1) is 5.69 Å². The fraction of sp³-hybridized carbons (Fsp3) is 0.105. The van der Waals surface area contributed by atoms with Gasteiger partial charge in [0, 0.05) is 23.5 Å². The van der Waals surface area contributed by atoms with Crippen LogP contribution in [-0.4, -0.2) is 15.9 Å². The van der Waals surface area contributed by atoms with Crippen molar-refractivity contribution in [2.24, 2.45) is 0 Å². The number of hydrogen-bond acceptors (Lipinski definition) is 3. The molecule has 0 spiro atoms. The lowest BCUT2D eigenvalue weighted by Gasteiger charge is -2.06. The third-order valence-corrected chi connectivity index (χ3v) is 3.52. The second-order valence-electron chi connectivity index (χ2n) is 5.47. The third kappa shape index (κ3) is 3.61. The van der Waals surface area contributed by atoms with E-state index in [0.29, 0.717) is 11.4 Å². The number of aromatic nitrogens is 2. The molecule has 114 valence electrons. The van der Waals surface area contributed by atoms with Crippen molar-refractivity contribution < 1.29 is 4.79 Å². The molecule has 23 heavy (non-hydrogen) atoms. The third-order valence-electron chi connectivity index (χ3n) is 3.52. The van der Waals surface area contributed by atoms with Crippen LogP contribution in [-0.2, 0) is 0 Å². The monoisotopic (exact) mass is 303 g/mol. The molecule has 0 unspecified atom stereocenters. The quantitative estimate of drug-likeness (QED) is 0.795. The SMILES string of the molecule is Cc1ccnc(NC(=O)c2ccc(-c3cc(C)ccn3)cc2)c1. The van der Waals surface area contributed by atoms with E-state index in [1.165, 1.54) is 0 Å². The van der Waals surface area contributed by atoms with Gasteiger partial charge in [-0.15, -0.1) is 0 Å². The van der Waals surface area contributed by atoms with Crippen LogP contribution in [0.5, 0.6) is 0 Å². The zero-order chi connectivity index (χ0) is 16.2.